The summed E-state index contributed by atoms with van der Waals surface area (Å²) in [6.07, 6.45) is 2.77. The summed E-state index contributed by atoms with van der Waals surface area (Å²) >= 11 is 12.0. The molecular formula is C18H20Cl2N2O2. The van der Waals surface area contributed by atoms with Crippen molar-refractivity contribution in [3.63, 3.8) is 0 Å². The molecule has 0 bridgehead atoms. The van der Waals surface area contributed by atoms with E-state index in [1.54, 1.807) is 18.4 Å². The summed E-state index contributed by atoms with van der Waals surface area (Å²) in [5.74, 6) is 1.08. The van der Waals surface area contributed by atoms with Gasteiger partial charge in [0.05, 0.1) is 28.8 Å². The molecule has 24 heavy (non-hydrogen) atoms. The van der Waals surface area contributed by atoms with Crippen LogP contribution in [0.5, 0.6) is 0 Å². The van der Waals surface area contributed by atoms with Crippen LogP contribution in [-0.2, 0) is 17.6 Å². The Hall–Kier alpha value is -1.49. The van der Waals surface area contributed by atoms with Gasteiger partial charge in [0.2, 0.25) is 5.91 Å². The Morgan fingerprint density at radius 2 is 2.08 bits per heavy atom. The lowest BCUT2D eigenvalue weighted by Gasteiger charge is -2.37. The quantitative estimate of drug-likeness (QED) is 0.825. The third-order valence-electron chi connectivity index (χ3n) is 4.29. The van der Waals surface area contributed by atoms with Crippen LogP contribution in [0.4, 0.5) is 0 Å². The molecule has 0 saturated carbocycles. The fraction of sp³-hybridized carbons (Fsp3) is 0.389. The van der Waals surface area contributed by atoms with E-state index < -0.39 is 0 Å². The molecule has 0 aliphatic carbocycles. The number of fused-ring (bicyclic) bond motifs is 1. The lowest BCUT2D eigenvalue weighted by atomic mass is 9.98. The minimum atomic E-state index is 0.0118. The number of nitrogens with zero attached hydrogens (tertiary/aromatic N) is 2. The standard InChI is InChI=1S/C18H20Cl2N2O2/c1-21(2)11-16-13-6-8-24-17(13)5-7-22(16)18(23)10-12-3-4-14(19)15(20)9-12/h3-4,6,8-9,16H,5,7,10-11H2,1-2H3. The lowest BCUT2D eigenvalue weighted by Crippen LogP contribution is -2.44. The summed E-state index contributed by atoms with van der Waals surface area (Å²) in [5, 5.41) is 0.974. The first-order chi connectivity index (χ1) is 11.5. The van der Waals surface area contributed by atoms with Gasteiger partial charge in [-0.25, -0.2) is 0 Å². The molecule has 1 aromatic heterocycles. The molecule has 6 heteroatoms. The minimum Gasteiger partial charge on any atom is -0.469 e. The van der Waals surface area contributed by atoms with E-state index in [2.05, 4.69) is 4.90 Å². The van der Waals surface area contributed by atoms with Gasteiger partial charge in [-0.05, 0) is 37.9 Å². The van der Waals surface area contributed by atoms with E-state index in [9.17, 15) is 4.79 Å². The molecule has 2 aromatic rings. The lowest BCUT2D eigenvalue weighted by molar-refractivity contribution is -0.133. The van der Waals surface area contributed by atoms with E-state index in [4.69, 9.17) is 27.6 Å². The van der Waals surface area contributed by atoms with Gasteiger partial charge in [0.15, 0.2) is 0 Å². The average Bonchev–Trinajstić information content (AvgIpc) is 2.99. The maximum absolute atomic E-state index is 12.9. The number of hydrogen-bond acceptors (Lipinski definition) is 3. The van der Waals surface area contributed by atoms with Gasteiger partial charge < -0.3 is 14.2 Å². The number of rotatable bonds is 4. The molecule has 3 rings (SSSR count). The van der Waals surface area contributed by atoms with Crippen LogP contribution < -0.4 is 0 Å². The highest BCUT2D eigenvalue weighted by atomic mass is 35.5. The molecule has 0 N–H and O–H groups in total. The topological polar surface area (TPSA) is 36.7 Å². The van der Waals surface area contributed by atoms with Crippen molar-refractivity contribution in [2.45, 2.75) is 18.9 Å². The second-order valence-electron chi connectivity index (χ2n) is 6.34. The molecule has 1 aliphatic rings. The van der Waals surface area contributed by atoms with Gasteiger partial charge in [-0.3, -0.25) is 4.79 Å². The summed E-state index contributed by atoms with van der Waals surface area (Å²) in [7, 11) is 4.02. The summed E-state index contributed by atoms with van der Waals surface area (Å²) in [5.41, 5.74) is 1.98. The van der Waals surface area contributed by atoms with Crippen molar-refractivity contribution in [3.8, 4) is 0 Å². The smallest absolute Gasteiger partial charge is 0.227 e. The number of amides is 1. The van der Waals surface area contributed by atoms with Gasteiger partial charge in [-0.15, -0.1) is 0 Å². The van der Waals surface area contributed by atoms with E-state index in [0.29, 0.717) is 23.0 Å². The molecule has 0 spiro atoms. The average molecular weight is 367 g/mol. The van der Waals surface area contributed by atoms with E-state index in [1.807, 2.05) is 31.1 Å². The molecule has 1 amide bonds. The first-order valence-electron chi connectivity index (χ1n) is 7.90. The van der Waals surface area contributed by atoms with Crippen molar-refractivity contribution in [1.29, 1.82) is 0 Å². The zero-order valence-corrected chi connectivity index (χ0v) is 15.3. The molecule has 0 saturated heterocycles. The number of likely N-dealkylation sites (N-methyl/N-ethyl adjacent to an activating group) is 1. The van der Waals surface area contributed by atoms with Crippen molar-refractivity contribution in [2.75, 3.05) is 27.2 Å². The van der Waals surface area contributed by atoms with Gasteiger partial charge in [-0.1, -0.05) is 29.3 Å². The van der Waals surface area contributed by atoms with Crippen LogP contribution in [-0.4, -0.2) is 42.9 Å². The van der Waals surface area contributed by atoms with Crippen molar-refractivity contribution in [2.24, 2.45) is 0 Å². The number of benzene rings is 1. The second kappa shape index (κ2) is 7.18. The third kappa shape index (κ3) is 3.61. The number of carbonyl (C=O) groups excluding carboxylic acids is 1. The molecule has 4 nitrogen and oxygen atoms in total. The van der Waals surface area contributed by atoms with Crippen LogP contribution in [0.2, 0.25) is 10.0 Å². The van der Waals surface area contributed by atoms with E-state index in [1.165, 1.54) is 0 Å². The molecule has 1 aliphatic heterocycles. The number of halogens is 2. The molecule has 0 fully saturated rings. The first kappa shape index (κ1) is 17.3. The Kier molecular flexibility index (Phi) is 5.18. The first-order valence-corrected chi connectivity index (χ1v) is 8.65. The molecule has 2 heterocycles. The molecular weight excluding hydrogens is 347 g/mol. The summed E-state index contributed by atoms with van der Waals surface area (Å²) in [6.45, 7) is 1.43. The van der Waals surface area contributed by atoms with Gasteiger partial charge in [0.1, 0.15) is 5.76 Å². The monoisotopic (exact) mass is 366 g/mol. The Morgan fingerprint density at radius 1 is 1.29 bits per heavy atom. The fourth-order valence-corrected chi connectivity index (χ4v) is 3.48. The Labute approximate surface area is 151 Å². The summed E-state index contributed by atoms with van der Waals surface area (Å²) in [4.78, 5) is 16.9. The normalized spacial score (nSPS) is 17.2. The van der Waals surface area contributed by atoms with Crippen LogP contribution in [0.1, 0.15) is 22.9 Å². The van der Waals surface area contributed by atoms with Crippen molar-refractivity contribution < 1.29 is 9.21 Å². The van der Waals surface area contributed by atoms with E-state index in [-0.39, 0.29) is 11.9 Å². The van der Waals surface area contributed by atoms with Crippen LogP contribution in [0, 0.1) is 0 Å². The summed E-state index contributed by atoms with van der Waals surface area (Å²) < 4.78 is 5.55. The highest BCUT2D eigenvalue weighted by molar-refractivity contribution is 6.42. The van der Waals surface area contributed by atoms with Gasteiger partial charge in [0.25, 0.3) is 0 Å². The summed E-state index contributed by atoms with van der Waals surface area (Å²) in [6, 6.07) is 7.32. The maximum Gasteiger partial charge on any atom is 0.227 e. The van der Waals surface area contributed by atoms with Crippen LogP contribution in [0.25, 0.3) is 0 Å². The predicted molar refractivity (Wildman–Crippen MR) is 95.6 cm³/mol. The van der Waals surface area contributed by atoms with Gasteiger partial charge in [0, 0.05) is 25.1 Å². The molecule has 0 radical (unpaired) electrons. The van der Waals surface area contributed by atoms with Crippen molar-refractivity contribution in [1.82, 2.24) is 9.80 Å². The Morgan fingerprint density at radius 3 is 2.79 bits per heavy atom. The van der Waals surface area contributed by atoms with Crippen molar-refractivity contribution in [3.05, 3.63) is 57.5 Å². The molecule has 1 unspecified atom stereocenters. The zero-order valence-electron chi connectivity index (χ0n) is 13.8. The fourth-order valence-electron chi connectivity index (χ4n) is 3.16. The highest BCUT2D eigenvalue weighted by Gasteiger charge is 2.32. The number of carbonyl (C=O) groups is 1. The largest absolute Gasteiger partial charge is 0.469 e. The predicted octanol–water partition coefficient (Wildman–Crippen LogP) is 3.82. The number of hydrogen-bond donors (Lipinski definition) is 0. The third-order valence-corrected chi connectivity index (χ3v) is 5.03. The van der Waals surface area contributed by atoms with Crippen LogP contribution in [0.15, 0.2) is 34.9 Å². The van der Waals surface area contributed by atoms with Crippen LogP contribution in [0.3, 0.4) is 0 Å². The molecule has 1 atom stereocenters. The number of furan rings is 1. The van der Waals surface area contributed by atoms with Crippen molar-refractivity contribution >= 4 is 29.1 Å². The van der Waals surface area contributed by atoms with E-state index in [0.717, 1.165) is 29.9 Å². The molecule has 128 valence electrons. The van der Waals surface area contributed by atoms with Gasteiger partial charge in [-0.2, -0.15) is 0 Å². The highest BCUT2D eigenvalue weighted by Crippen LogP contribution is 2.32. The second-order valence-corrected chi connectivity index (χ2v) is 7.15. The Bertz CT molecular complexity index is 742. The Balaban J connectivity index is 1.81. The minimum absolute atomic E-state index is 0.0118. The maximum atomic E-state index is 12.9. The molecule has 1 aromatic carbocycles. The zero-order chi connectivity index (χ0) is 17.3. The van der Waals surface area contributed by atoms with E-state index >= 15 is 0 Å². The SMILES string of the molecule is CN(C)CC1c2ccoc2CCN1C(=O)Cc1ccc(Cl)c(Cl)c1. The van der Waals surface area contributed by atoms with Gasteiger partial charge >= 0.3 is 0 Å². The van der Waals surface area contributed by atoms with Crippen LogP contribution >= 0.6 is 23.2 Å².